The van der Waals surface area contributed by atoms with Crippen molar-refractivity contribution in [3.05, 3.63) is 28.3 Å². The molecule has 0 radical (unpaired) electrons. The van der Waals surface area contributed by atoms with Crippen molar-refractivity contribution in [3.63, 3.8) is 0 Å². The predicted molar refractivity (Wildman–Crippen MR) is 76.6 cm³/mol. The van der Waals surface area contributed by atoms with Crippen molar-refractivity contribution in [3.8, 4) is 0 Å². The van der Waals surface area contributed by atoms with Crippen LogP contribution in [0.5, 0.6) is 0 Å². The van der Waals surface area contributed by atoms with Crippen molar-refractivity contribution < 1.29 is 9.26 Å². The zero-order valence-electron chi connectivity index (χ0n) is 11.8. The van der Waals surface area contributed by atoms with Gasteiger partial charge in [0.2, 0.25) is 0 Å². The van der Waals surface area contributed by atoms with Gasteiger partial charge >= 0.3 is 0 Å². The Labute approximate surface area is 127 Å². The van der Waals surface area contributed by atoms with Crippen LogP contribution in [-0.4, -0.2) is 32.7 Å². The molecule has 4 rings (SSSR count). The van der Waals surface area contributed by atoms with Gasteiger partial charge in [-0.3, -0.25) is 4.90 Å². The average molecular weight is 306 g/mol. The van der Waals surface area contributed by atoms with Crippen LogP contribution in [0.25, 0.3) is 0 Å². The maximum Gasteiger partial charge on any atom is 0.255 e. The maximum atomic E-state index is 5.58. The first-order valence-corrected chi connectivity index (χ1v) is 8.33. The summed E-state index contributed by atoms with van der Waals surface area (Å²) in [4.78, 5) is 11.3. The summed E-state index contributed by atoms with van der Waals surface area (Å²) in [6.45, 7) is 2.38. The van der Waals surface area contributed by atoms with Crippen molar-refractivity contribution in [2.75, 3.05) is 6.61 Å². The van der Waals surface area contributed by atoms with Crippen molar-refractivity contribution in [2.24, 2.45) is 0 Å². The molecule has 1 atom stereocenters. The molecule has 1 saturated carbocycles. The highest BCUT2D eigenvalue weighted by Gasteiger charge is 2.31. The molecule has 1 aliphatic heterocycles. The number of hydrogen-bond donors (Lipinski definition) is 0. The summed E-state index contributed by atoms with van der Waals surface area (Å²) < 4.78 is 10.9. The first-order chi connectivity index (χ1) is 10.4. The summed E-state index contributed by atoms with van der Waals surface area (Å²) in [6.07, 6.45) is 6.41. The monoisotopic (exact) mass is 306 g/mol. The molecule has 2 fully saturated rings. The van der Waals surface area contributed by atoms with E-state index in [-0.39, 0.29) is 6.10 Å². The molecule has 0 amide bonds. The van der Waals surface area contributed by atoms with Gasteiger partial charge in [-0.25, -0.2) is 4.98 Å². The summed E-state index contributed by atoms with van der Waals surface area (Å²) >= 11 is 1.70. The third-order valence-electron chi connectivity index (χ3n) is 3.92. The molecule has 3 heterocycles. The minimum atomic E-state index is -0.000382. The van der Waals surface area contributed by atoms with E-state index < -0.39 is 0 Å². The Hall–Kier alpha value is -1.31. The Morgan fingerprint density at radius 1 is 1.29 bits per heavy atom. The number of aromatic nitrogens is 3. The quantitative estimate of drug-likeness (QED) is 0.817. The molecule has 0 spiro atoms. The molecule has 21 heavy (non-hydrogen) atoms. The van der Waals surface area contributed by atoms with Gasteiger partial charge in [-0.2, -0.15) is 4.98 Å². The lowest BCUT2D eigenvalue weighted by atomic mass is 10.2. The second-order valence-electron chi connectivity index (χ2n) is 5.61. The molecule has 0 bridgehead atoms. The third kappa shape index (κ3) is 3.14. The van der Waals surface area contributed by atoms with Gasteiger partial charge in [0.15, 0.2) is 5.82 Å². The van der Waals surface area contributed by atoms with Gasteiger partial charge in [0, 0.05) is 24.2 Å². The van der Waals surface area contributed by atoms with Gasteiger partial charge in [0.1, 0.15) is 11.1 Å². The van der Waals surface area contributed by atoms with Crippen LogP contribution in [0.1, 0.15) is 48.5 Å². The van der Waals surface area contributed by atoms with Gasteiger partial charge in [0.25, 0.3) is 5.89 Å². The molecular weight excluding hydrogens is 288 g/mol. The average Bonchev–Trinajstić information content (AvgIpc) is 2.93. The lowest BCUT2D eigenvalue weighted by Crippen LogP contribution is -2.25. The van der Waals surface area contributed by atoms with Gasteiger partial charge in [-0.15, -0.1) is 11.3 Å². The van der Waals surface area contributed by atoms with E-state index >= 15 is 0 Å². The zero-order valence-corrected chi connectivity index (χ0v) is 12.6. The molecule has 1 saturated heterocycles. The minimum Gasteiger partial charge on any atom is -0.368 e. The molecular formula is C14H18N4O2S. The molecule has 0 N–H and O–H groups in total. The Kier molecular flexibility index (Phi) is 3.71. The minimum absolute atomic E-state index is 0.000382. The highest BCUT2D eigenvalue weighted by Crippen LogP contribution is 2.31. The van der Waals surface area contributed by atoms with E-state index in [2.05, 4.69) is 20.0 Å². The molecule has 7 heteroatoms. The number of ether oxygens (including phenoxy) is 1. The molecule has 6 nitrogen and oxygen atoms in total. The predicted octanol–water partition coefficient (Wildman–Crippen LogP) is 2.54. The molecule has 112 valence electrons. The molecule has 2 aliphatic rings. The van der Waals surface area contributed by atoms with Gasteiger partial charge in [0.05, 0.1) is 13.1 Å². The second kappa shape index (κ2) is 5.82. The van der Waals surface area contributed by atoms with E-state index in [1.165, 1.54) is 12.8 Å². The van der Waals surface area contributed by atoms with E-state index in [0.29, 0.717) is 11.9 Å². The van der Waals surface area contributed by atoms with E-state index in [1.807, 2.05) is 11.6 Å². The standard InChI is InChI=1S/C14H18N4O2S/c1-2-11(19-6-1)14-16-12(17-20-14)8-18(10-3-4-10)9-13-15-5-7-21-13/h5,7,10-11H,1-4,6,8-9H2/t11-/m1/s1. The van der Waals surface area contributed by atoms with Crippen LogP contribution in [0, 0.1) is 0 Å². The highest BCUT2D eigenvalue weighted by atomic mass is 32.1. The maximum absolute atomic E-state index is 5.58. The topological polar surface area (TPSA) is 64.3 Å². The van der Waals surface area contributed by atoms with Crippen LogP contribution in [-0.2, 0) is 17.8 Å². The van der Waals surface area contributed by atoms with E-state index in [9.17, 15) is 0 Å². The molecule has 1 aliphatic carbocycles. The van der Waals surface area contributed by atoms with Crippen LogP contribution in [0.2, 0.25) is 0 Å². The Morgan fingerprint density at radius 3 is 2.95 bits per heavy atom. The second-order valence-corrected chi connectivity index (χ2v) is 6.59. The fourth-order valence-electron chi connectivity index (χ4n) is 2.68. The van der Waals surface area contributed by atoms with E-state index in [1.54, 1.807) is 11.3 Å². The summed E-state index contributed by atoms with van der Waals surface area (Å²) in [6, 6.07) is 0.638. The van der Waals surface area contributed by atoms with Crippen LogP contribution < -0.4 is 0 Å². The first kappa shape index (κ1) is 13.4. The number of nitrogens with zero attached hydrogens (tertiary/aromatic N) is 4. The van der Waals surface area contributed by atoms with Crippen LogP contribution >= 0.6 is 11.3 Å². The number of rotatable bonds is 6. The Bertz CT molecular complexity index is 576. The fraction of sp³-hybridized carbons (Fsp3) is 0.643. The number of thiazole rings is 1. The summed E-state index contributed by atoms with van der Waals surface area (Å²) in [5.41, 5.74) is 0. The van der Waals surface area contributed by atoms with Gasteiger partial charge < -0.3 is 9.26 Å². The normalized spacial score (nSPS) is 22.2. The molecule has 0 unspecified atom stereocenters. The summed E-state index contributed by atoms with van der Waals surface area (Å²) in [5, 5.41) is 7.28. The largest absolute Gasteiger partial charge is 0.368 e. The summed E-state index contributed by atoms with van der Waals surface area (Å²) in [7, 11) is 0. The van der Waals surface area contributed by atoms with Gasteiger partial charge in [-0.1, -0.05) is 5.16 Å². The van der Waals surface area contributed by atoms with Gasteiger partial charge in [-0.05, 0) is 25.7 Å². The van der Waals surface area contributed by atoms with Crippen LogP contribution in [0.4, 0.5) is 0 Å². The smallest absolute Gasteiger partial charge is 0.255 e. The lowest BCUT2D eigenvalue weighted by molar-refractivity contribution is 0.0835. The van der Waals surface area contributed by atoms with E-state index in [0.717, 1.165) is 43.4 Å². The Morgan fingerprint density at radius 2 is 2.24 bits per heavy atom. The zero-order chi connectivity index (χ0) is 14.1. The van der Waals surface area contributed by atoms with Crippen molar-refractivity contribution in [1.29, 1.82) is 0 Å². The Balaban J connectivity index is 1.43. The van der Waals surface area contributed by atoms with Crippen LogP contribution in [0.15, 0.2) is 16.1 Å². The fourth-order valence-corrected chi connectivity index (χ4v) is 3.32. The highest BCUT2D eigenvalue weighted by molar-refractivity contribution is 7.09. The first-order valence-electron chi connectivity index (χ1n) is 7.45. The molecule has 0 aromatic carbocycles. The lowest BCUT2D eigenvalue weighted by Gasteiger charge is -2.18. The van der Waals surface area contributed by atoms with Crippen molar-refractivity contribution >= 4 is 11.3 Å². The molecule has 2 aromatic heterocycles. The van der Waals surface area contributed by atoms with E-state index in [4.69, 9.17) is 9.26 Å². The van der Waals surface area contributed by atoms with Crippen LogP contribution in [0.3, 0.4) is 0 Å². The summed E-state index contributed by atoms with van der Waals surface area (Å²) in [5.74, 6) is 1.39. The third-order valence-corrected chi connectivity index (χ3v) is 4.68. The number of hydrogen-bond acceptors (Lipinski definition) is 7. The van der Waals surface area contributed by atoms with Crippen molar-refractivity contribution in [2.45, 2.75) is 50.9 Å². The SMILES string of the molecule is c1csc(CN(Cc2noc([C@H]3CCCO3)n2)C2CC2)n1. The van der Waals surface area contributed by atoms with Crippen molar-refractivity contribution in [1.82, 2.24) is 20.0 Å². The molecule has 2 aromatic rings.